The van der Waals surface area contributed by atoms with Gasteiger partial charge in [0.05, 0.1) is 4.90 Å². The first kappa shape index (κ1) is 13.4. The molecule has 0 saturated carbocycles. The van der Waals surface area contributed by atoms with Crippen molar-refractivity contribution in [2.75, 3.05) is 0 Å². The normalized spacial score (nSPS) is 11.5. The first-order chi connectivity index (χ1) is 8.82. The fraction of sp³-hybridized carbons (Fsp3) is 0.111. The highest BCUT2D eigenvalue weighted by molar-refractivity contribution is 7.91. The van der Waals surface area contributed by atoms with Gasteiger partial charge in [-0.1, -0.05) is 11.6 Å². The summed E-state index contributed by atoms with van der Waals surface area (Å²) in [7, 11) is -2.71. The minimum absolute atomic E-state index is 0.0673. The van der Waals surface area contributed by atoms with E-state index in [9.17, 15) is 18.5 Å². The van der Waals surface area contributed by atoms with Gasteiger partial charge in [0.15, 0.2) is 0 Å². The van der Waals surface area contributed by atoms with Gasteiger partial charge in [0.2, 0.25) is 0 Å². The summed E-state index contributed by atoms with van der Waals surface area (Å²) < 4.78 is 25.3. The van der Waals surface area contributed by atoms with Crippen LogP contribution in [0.3, 0.4) is 0 Å². The number of hydrogen-bond acceptors (Lipinski definition) is 6. The lowest BCUT2D eigenvalue weighted by atomic mass is 10.4. The smallest absolute Gasteiger partial charge is 0.390 e. The zero-order chi connectivity index (χ0) is 14.2. The topological polar surface area (TPSA) is 108 Å². The van der Waals surface area contributed by atoms with Gasteiger partial charge in [-0.25, -0.2) is 8.42 Å². The number of sulfone groups is 1. The second-order valence-corrected chi connectivity index (χ2v) is 5.81. The lowest BCUT2D eigenvalue weighted by Gasteiger charge is -1.99. The van der Waals surface area contributed by atoms with Crippen LogP contribution in [0.4, 0.5) is 5.95 Å². The predicted molar refractivity (Wildman–Crippen MR) is 64.6 cm³/mol. The quantitative estimate of drug-likeness (QED) is 0.623. The van der Waals surface area contributed by atoms with Crippen molar-refractivity contribution in [1.29, 1.82) is 0 Å². The Hall–Kier alpha value is -2.00. The van der Waals surface area contributed by atoms with Crippen LogP contribution in [0.1, 0.15) is 0 Å². The second kappa shape index (κ2) is 4.59. The molecule has 8 nitrogen and oxygen atoms in total. The third kappa shape index (κ3) is 2.42. The van der Waals surface area contributed by atoms with Crippen LogP contribution in [0.25, 0.3) is 0 Å². The number of aromatic nitrogens is 3. The van der Waals surface area contributed by atoms with E-state index in [-0.39, 0.29) is 4.90 Å². The van der Waals surface area contributed by atoms with Gasteiger partial charge in [-0.3, -0.25) is 0 Å². The van der Waals surface area contributed by atoms with Gasteiger partial charge < -0.3 is 10.1 Å². The van der Waals surface area contributed by atoms with Gasteiger partial charge in [0.25, 0.3) is 9.84 Å². The van der Waals surface area contributed by atoms with E-state index in [4.69, 9.17) is 11.6 Å². The van der Waals surface area contributed by atoms with Crippen LogP contribution < -0.4 is 0 Å². The van der Waals surface area contributed by atoms with Crippen LogP contribution in [-0.2, 0) is 16.9 Å². The van der Waals surface area contributed by atoms with E-state index in [1.807, 2.05) is 0 Å². The Morgan fingerprint density at radius 3 is 2.37 bits per heavy atom. The van der Waals surface area contributed by atoms with Crippen LogP contribution in [0.2, 0.25) is 5.02 Å². The average Bonchev–Trinajstić information content (AvgIpc) is 2.73. The maximum absolute atomic E-state index is 12.2. The van der Waals surface area contributed by atoms with E-state index in [2.05, 4.69) is 10.1 Å². The van der Waals surface area contributed by atoms with Crippen molar-refractivity contribution in [2.24, 2.45) is 7.05 Å². The molecule has 2 aromatic rings. The van der Waals surface area contributed by atoms with Crippen LogP contribution in [-0.4, -0.2) is 28.1 Å². The zero-order valence-electron chi connectivity index (χ0n) is 9.52. The molecule has 1 heterocycles. The predicted octanol–water partition coefficient (Wildman–Crippen LogP) is 1.21. The molecule has 0 radical (unpaired) electrons. The summed E-state index contributed by atoms with van der Waals surface area (Å²) in [4.78, 5) is 13.0. The Morgan fingerprint density at radius 1 is 1.32 bits per heavy atom. The monoisotopic (exact) mass is 302 g/mol. The Labute approximate surface area is 112 Å². The summed E-state index contributed by atoms with van der Waals surface area (Å²) >= 11 is 5.67. The molecule has 0 unspecified atom stereocenters. The molecule has 10 heteroatoms. The van der Waals surface area contributed by atoms with Gasteiger partial charge in [-0.15, -0.1) is 0 Å². The van der Waals surface area contributed by atoms with Crippen LogP contribution >= 0.6 is 11.6 Å². The van der Waals surface area contributed by atoms with Crippen molar-refractivity contribution in [3.8, 4) is 0 Å². The van der Waals surface area contributed by atoms with E-state index in [0.717, 1.165) is 4.68 Å². The average molecular weight is 303 g/mol. The third-order valence-corrected chi connectivity index (χ3v) is 4.22. The molecule has 0 amide bonds. The summed E-state index contributed by atoms with van der Waals surface area (Å²) in [5.74, 6) is -0.768. The van der Waals surface area contributed by atoms with Crippen LogP contribution in [0.5, 0.6) is 0 Å². The fourth-order valence-corrected chi connectivity index (χ4v) is 2.81. The van der Waals surface area contributed by atoms with E-state index in [1.54, 1.807) is 0 Å². The van der Waals surface area contributed by atoms with Crippen molar-refractivity contribution >= 4 is 27.4 Å². The molecule has 100 valence electrons. The number of nitrogens with zero attached hydrogens (tertiary/aromatic N) is 4. The molecule has 2 rings (SSSR count). The van der Waals surface area contributed by atoms with Crippen molar-refractivity contribution in [3.05, 3.63) is 39.4 Å². The number of aryl methyl sites for hydroxylation is 1. The van der Waals surface area contributed by atoms with Gasteiger partial charge in [0, 0.05) is 17.2 Å². The van der Waals surface area contributed by atoms with Crippen molar-refractivity contribution in [3.63, 3.8) is 0 Å². The van der Waals surface area contributed by atoms with Crippen molar-refractivity contribution < 1.29 is 13.3 Å². The molecule has 0 aliphatic heterocycles. The first-order valence-electron chi connectivity index (χ1n) is 4.88. The molecule has 0 aliphatic rings. The Morgan fingerprint density at radius 2 is 1.89 bits per heavy atom. The molecule has 0 bridgehead atoms. The number of rotatable bonds is 3. The highest BCUT2D eigenvalue weighted by atomic mass is 35.5. The minimum atomic E-state index is -3.97. The number of hydrogen-bond donors (Lipinski definition) is 0. The lowest BCUT2D eigenvalue weighted by Crippen LogP contribution is -2.09. The Kier molecular flexibility index (Phi) is 3.25. The molecular formula is C9H7ClN4O4S. The lowest BCUT2D eigenvalue weighted by molar-refractivity contribution is -0.394. The highest BCUT2D eigenvalue weighted by Crippen LogP contribution is 2.21. The van der Waals surface area contributed by atoms with Gasteiger partial charge in [-0.05, 0) is 34.2 Å². The molecule has 1 aromatic heterocycles. The number of benzene rings is 1. The van der Waals surface area contributed by atoms with Gasteiger partial charge in [0.1, 0.15) is 0 Å². The van der Waals surface area contributed by atoms with Crippen LogP contribution in [0.15, 0.2) is 34.3 Å². The molecule has 0 aliphatic carbocycles. The maximum Gasteiger partial charge on any atom is 0.492 e. The summed E-state index contributed by atoms with van der Waals surface area (Å²) in [6, 6.07) is 5.38. The number of nitro groups is 1. The highest BCUT2D eigenvalue weighted by Gasteiger charge is 2.31. The van der Waals surface area contributed by atoms with Crippen molar-refractivity contribution in [2.45, 2.75) is 10.1 Å². The summed E-state index contributed by atoms with van der Waals surface area (Å²) in [6.45, 7) is 0. The van der Waals surface area contributed by atoms with Gasteiger partial charge in [-0.2, -0.15) is 4.68 Å². The Balaban J connectivity index is 2.56. The molecule has 0 saturated heterocycles. The van der Waals surface area contributed by atoms with E-state index in [0.29, 0.717) is 5.02 Å². The van der Waals surface area contributed by atoms with Crippen molar-refractivity contribution in [1.82, 2.24) is 14.8 Å². The van der Waals surface area contributed by atoms with E-state index >= 15 is 0 Å². The molecule has 0 spiro atoms. The molecule has 0 N–H and O–H groups in total. The fourth-order valence-electron chi connectivity index (χ4n) is 1.39. The summed E-state index contributed by atoms with van der Waals surface area (Å²) in [5.41, 5.74) is 0. The Bertz CT molecular complexity index is 738. The summed E-state index contributed by atoms with van der Waals surface area (Å²) in [5, 5.41) is 13.8. The minimum Gasteiger partial charge on any atom is -0.390 e. The molecule has 0 atom stereocenters. The SMILES string of the molecule is Cn1nc([N+](=O)[O-])nc1S(=O)(=O)c1ccc(Cl)cc1. The maximum atomic E-state index is 12.2. The zero-order valence-corrected chi connectivity index (χ0v) is 11.1. The number of halogens is 1. The molecule has 19 heavy (non-hydrogen) atoms. The third-order valence-electron chi connectivity index (χ3n) is 2.24. The first-order valence-corrected chi connectivity index (χ1v) is 6.74. The summed E-state index contributed by atoms with van der Waals surface area (Å²) in [6.07, 6.45) is 0. The van der Waals surface area contributed by atoms with E-state index < -0.39 is 25.9 Å². The molecule has 1 aromatic carbocycles. The van der Waals surface area contributed by atoms with Crippen LogP contribution in [0, 0.1) is 10.1 Å². The van der Waals surface area contributed by atoms with E-state index in [1.165, 1.54) is 31.3 Å². The molecular weight excluding hydrogens is 296 g/mol. The molecule has 0 fully saturated rings. The second-order valence-electron chi connectivity index (χ2n) is 3.53. The standard InChI is InChI=1S/C9H7ClN4O4S/c1-13-9(11-8(12-13)14(15)16)19(17,18)7-4-2-6(10)3-5-7/h2-5H,1H3. The van der Waals surface area contributed by atoms with Gasteiger partial charge >= 0.3 is 11.1 Å². The largest absolute Gasteiger partial charge is 0.492 e.